The zero-order chi connectivity index (χ0) is 14.7. The number of hydrogen-bond acceptors (Lipinski definition) is 3. The van der Waals surface area contributed by atoms with Gasteiger partial charge in [0.15, 0.2) is 0 Å². The lowest BCUT2D eigenvalue weighted by Crippen LogP contribution is -2.12. The van der Waals surface area contributed by atoms with Gasteiger partial charge in [-0.25, -0.2) is 0 Å². The monoisotopic (exact) mass is 278 g/mol. The number of hydrogen-bond donors (Lipinski definition) is 2. The van der Waals surface area contributed by atoms with Crippen LogP contribution >= 0.6 is 0 Å². The maximum absolute atomic E-state index is 12.0. The zero-order valence-corrected chi connectivity index (χ0v) is 11.3. The van der Waals surface area contributed by atoms with Crippen molar-refractivity contribution in [3.05, 3.63) is 76.1 Å². The number of nitrogens with one attached hydrogen (secondary N) is 1. The normalized spacial score (nSPS) is 11.2. The van der Waals surface area contributed by atoms with Crippen LogP contribution in [0.5, 0.6) is 5.75 Å². The van der Waals surface area contributed by atoms with Crippen LogP contribution in [0.3, 0.4) is 0 Å². The van der Waals surface area contributed by atoms with Crippen molar-refractivity contribution in [3.8, 4) is 5.75 Å². The maximum Gasteiger partial charge on any atom is 0.261 e. The highest BCUT2D eigenvalue weighted by Crippen LogP contribution is 2.23. The molecule has 2 aromatic carbocycles. The average Bonchev–Trinajstić information content (AvgIpc) is 2.51. The van der Waals surface area contributed by atoms with Gasteiger partial charge in [-0.05, 0) is 17.7 Å². The van der Waals surface area contributed by atoms with E-state index < -0.39 is 0 Å². The third kappa shape index (κ3) is 2.69. The van der Waals surface area contributed by atoms with Gasteiger partial charge in [0.1, 0.15) is 5.75 Å². The number of benzene rings is 2. The lowest BCUT2D eigenvalue weighted by atomic mass is 10.1. The molecule has 0 spiro atoms. The number of aromatic hydroxyl groups is 1. The summed E-state index contributed by atoms with van der Waals surface area (Å²) in [6.07, 6.45) is 1.42. The molecule has 1 heterocycles. The Bertz CT molecular complexity index is 852. The molecular weight excluding hydrogens is 264 g/mol. The Morgan fingerprint density at radius 2 is 1.76 bits per heavy atom. The molecule has 3 rings (SSSR count). The fraction of sp³-hybridized carbons (Fsp3) is 0.0588. The van der Waals surface area contributed by atoms with Crippen molar-refractivity contribution >= 4 is 17.1 Å². The topological polar surface area (TPSA) is 65.5 Å². The molecule has 0 saturated carbocycles. The molecule has 0 unspecified atom stereocenters. The fourth-order valence-electron chi connectivity index (χ4n) is 2.19. The summed E-state index contributed by atoms with van der Waals surface area (Å²) >= 11 is 0. The van der Waals surface area contributed by atoms with Crippen molar-refractivity contribution in [2.45, 2.75) is 6.54 Å². The Morgan fingerprint density at radius 3 is 2.57 bits per heavy atom. The first-order valence-electron chi connectivity index (χ1n) is 6.63. The van der Waals surface area contributed by atoms with Gasteiger partial charge in [0.25, 0.3) is 5.56 Å². The number of fused-ring (bicyclic) bond motifs is 1. The van der Waals surface area contributed by atoms with Crippen LogP contribution in [0, 0.1) is 0 Å². The van der Waals surface area contributed by atoms with Gasteiger partial charge < -0.3 is 10.1 Å². The molecule has 21 heavy (non-hydrogen) atoms. The van der Waals surface area contributed by atoms with E-state index in [2.05, 4.69) is 9.98 Å². The lowest BCUT2D eigenvalue weighted by Gasteiger charge is -2.03. The predicted octanol–water partition coefficient (Wildman–Crippen LogP) is 2.85. The highest BCUT2D eigenvalue weighted by atomic mass is 16.3. The molecule has 0 saturated heterocycles. The average molecular weight is 278 g/mol. The molecule has 0 aliphatic carbocycles. The van der Waals surface area contributed by atoms with Crippen molar-refractivity contribution in [3.63, 3.8) is 0 Å². The van der Waals surface area contributed by atoms with Crippen LogP contribution < -0.4 is 5.56 Å². The summed E-state index contributed by atoms with van der Waals surface area (Å²) in [7, 11) is 0. The third-order valence-corrected chi connectivity index (χ3v) is 3.27. The number of para-hydroxylation sites is 1. The molecule has 0 fully saturated rings. The van der Waals surface area contributed by atoms with Gasteiger partial charge in [-0.2, -0.15) is 0 Å². The molecule has 4 nitrogen and oxygen atoms in total. The van der Waals surface area contributed by atoms with E-state index in [1.54, 1.807) is 18.2 Å². The smallest absolute Gasteiger partial charge is 0.261 e. The molecule has 0 aliphatic rings. The predicted molar refractivity (Wildman–Crippen MR) is 84.0 cm³/mol. The minimum absolute atomic E-state index is 0.0360. The highest BCUT2D eigenvalue weighted by Gasteiger charge is 2.09. The van der Waals surface area contributed by atoms with Crippen molar-refractivity contribution in [2.75, 3.05) is 0 Å². The van der Waals surface area contributed by atoms with E-state index in [0.29, 0.717) is 17.4 Å². The number of nitrogens with zero attached hydrogens (tertiary/aromatic N) is 1. The zero-order valence-electron chi connectivity index (χ0n) is 11.3. The third-order valence-electron chi connectivity index (χ3n) is 3.27. The Morgan fingerprint density at radius 1 is 1.05 bits per heavy atom. The van der Waals surface area contributed by atoms with Crippen molar-refractivity contribution in [1.29, 1.82) is 0 Å². The summed E-state index contributed by atoms with van der Waals surface area (Å²) in [4.78, 5) is 19.0. The number of H-pyrrole nitrogens is 1. The SMILES string of the molecule is O=c1[nH]c2ccccc2c(O)c1C=NCc1ccccc1. The molecule has 3 aromatic rings. The molecular formula is C17H14N2O2. The Kier molecular flexibility index (Phi) is 3.51. The van der Waals surface area contributed by atoms with Crippen molar-refractivity contribution in [1.82, 2.24) is 4.98 Å². The lowest BCUT2D eigenvalue weighted by molar-refractivity contribution is 0.479. The second kappa shape index (κ2) is 5.63. The number of aromatic nitrogens is 1. The first-order chi connectivity index (χ1) is 10.3. The van der Waals surface area contributed by atoms with Gasteiger partial charge in [-0.1, -0.05) is 42.5 Å². The first kappa shape index (κ1) is 13.1. The van der Waals surface area contributed by atoms with Crippen LogP contribution in [0.15, 0.2) is 64.4 Å². The van der Waals surface area contributed by atoms with Crippen LogP contribution in [-0.2, 0) is 6.54 Å². The Balaban J connectivity index is 1.95. The highest BCUT2D eigenvalue weighted by molar-refractivity contribution is 5.94. The number of aromatic amines is 1. The Hall–Kier alpha value is -2.88. The Labute approximate surface area is 121 Å². The summed E-state index contributed by atoms with van der Waals surface area (Å²) in [5.74, 6) is -0.0360. The van der Waals surface area contributed by atoms with Gasteiger partial charge in [0.05, 0.1) is 17.6 Å². The molecule has 1 aromatic heterocycles. The van der Waals surface area contributed by atoms with Crippen LogP contribution in [-0.4, -0.2) is 16.3 Å². The molecule has 104 valence electrons. The van der Waals surface area contributed by atoms with E-state index in [9.17, 15) is 9.90 Å². The molecule has 0 atom stereocenters. The summed E-state index contributed by atoms with van der Waals surface area (Å²) in [6, 6.07) is 16.9. The number of rotatable bonds is 3. The van der Waals surface area contributed by atoms with Crippen LogP contribution in [0.2, 0.25) is 0 Å². The van der Waals surface area contributed by atoms with Crippen LogP contribution in [0.25, 0.3) is 10.9 Å². The van der Waals surface area contributed by atoms with Gasteiger partial charge in [0.2, 0.25) is 0 Å². The summed E-state index contributed by atoms with van der Waals surface area (Å²) < 4.78 is 0. The van der Waals surface area contributed by atoms with Crippen molar-refractivity contribution in [2.24, 2.45) is 4.99 Å². The molecule has 0 aliphatic heterocycles. The van der Waals surface area contributed by atoms with Crippen molar-refractivity contribution < 1.29 is 5.11 Å². The van der Waals surface area contributed by atoms with Crippen LogP contribution in [0.1, 0.15) is 11.1 Å². The van der Waals surface area contributed by atoms with E-state index in [4.69, 9.17) is 0 Å². The summed E-state index contributed by atoms with van der Waals surface area (Å²) in [5, 5.41) is 10.8. The second-order valence-corrected chi connectivity index (χ2v) is 4.72. The maximum atomic E-state index is 12.0. The second-order valence-electron chi connectivity index (χ2n) is 4.72. The minimum atomic E-state index is -0.344. The van der Waals surface area contributed by atoms with Gasteiger partial charge >= 0.3 is 0 Å². The van der Waals surface area contributed by atoms with Gasteiger partial charge in [0, 0.05) is 11.6 Å². The molecule has 4 heteroatoms. The molecule has 0 amide bonds. The molecule has 0 radical (unpaired) electrons. The van der Waals surface area contributed by atoms with Gasteiger partial charge in [-0.15, -0.1) is 0 Å². The van der Waals surface area contributed by atoms with Gasteiger partial charge in [-0.3, -0.25) is 9.79 Å². The quantitative estimate of drug-likeness (QED) is 0.723. The van der Waals surface area contributed by atoms with E-state index in [-0.39, 0.29) is 16.9 Å². The van der Waals surface area contributed by atoms with E-state index in [1.807, 2.05) is 36.4 Å². The van der Waals surface area contributed by atoms with Crippen LogP contribution in [0.4, 0.5) is 0 Å². The fourth-order valence-corrected chi connectivity index (χ4v) is 2.19. The minimum Gasteiger partial charge on any atom is -0.506 e. The van der Waals surface area contributed by atoms with E-state index in [1.165, 1.54) is 6.21 Å². The molecule has 2 N–H and O–H groups in total. The number of pyridine rings is 1. The standard InChI is InChI=1S/C17H14N2O2/c20-16-13-8-4-5-9-15(13)19-17(21)14(16)11-18-10-12-6-2-1-3-7-12/h1-9,11H,10H2,(H2,19,20,21). The summed E-state index contributed by atoms with van der Waals surface area (Å²) in [5.41, 5.74) is 1.50. The summed E-state index contributed by atoms with van der Waals surface area (Å²) in [6.45, 7) is 0.465. The number of aliphatic imine (C=N–C) groups is 1. The van der Waals surface area contributed by atoms with E-state index >= 15 is 0 Å². The first-order valence-corrected chi connectivity index (χ1v) is 6.63. The molecule has 0 bridgehead atoms. The largest absolute Gasteiger partial charge is 0.506 e. The van der Waals surface area contributed by atoms with E-state index in [0.717, 1.165) is 5.56 Å².